The van der Waals surface area contributed by atoms with Crippen LogP contribution in [0.4, 0.5) is 17.5 Å². The molecule has 0 spiro atoms. The number of hydrogen-bond acceptors (Lipinski definition) is 6. The first-order valence-electron chi connectivity index (χ1n) is 7.05. The number of nitro groups is 1. The van der Waals surface area contributed by atoms with Gasteiger partial charge in [0.25, 0.3) is 0 Å². The van der Waals surface area contributed by atoms with E-state index in [2.05, 4.69) is 20.6 Å². The van der Waals surface area contributed by atoms with Crippen molar-refractivity contribution in [2.24, 2.45) is 11.8 Å². The van der Waals surface area contributed by atoms with Crippen LogP contribution in [-0.4, -0.2) is 28.0 Å². The fourth-order valence-corrected chi connectivity index (χ4v) is 3.60. The van der Waals surface area contributed by atoms with E-state index in [1.54, 1.807) is 14.0 Å². The highest BCUT2D eigenvalue weighted by atomic mass is 16.6. The van der Waals surface area contributed by atoms with Gasteiger partial charge >= 0.3 is 5.69 Å². The van der Waals surface area contributed by atoms with E-state index in [0.29, 0.717) is 29.4 Å². The highest BCUT2D eigenvalue weighted by Gasteiger charge is 2.40. The van der Waals surface area contributed by atoms with Crippen LogP contribution in [-0.2, 0) is 0 Å². The molecule has 1 aromatic rings. The number of hydrogen-bond donors (Lipinski definition) is 2. The van der Waals surface area contributed by atoms with Crippen molar-refractivity contribution < 1.29 is 4.92 Å². The van der Waals surface area contributed by atoms with E-state index in [4.69, 9.17) is 0 Å². The molecule has 2 aliphatic rings. The Labute approximate surface area is 117 Å². The average Bonchev–Trinajstić information content (AvgIpc) is 2.99. The molecule has 3 atom stereocenters. The molecule has 0 radical (unpaired) electrons. The smallest absolute Gasteiger partial charge is 0.332 e. The standard InChI is InChI=1S/C13H19N5O2/c1-7-11(18(19)20)12(17-13(14-2)15-7)16-10-6-8-3-4-9(10)5-8/h8-10H,3-6H2,1-2H3,(H2,14,15,16,17). The first kappa shape index (κ1) is 13.1. The lowest BCUT2D eigenvalue weighted by atomic mass is 9.95. The molecule has 20 heavy (non-hydrogen) atoms. The Morgan fingerprint density at radius 1 is 1.30 bits per heavy atom. The van der Waals surface area contributed by atoms with Crippen molar-refractivity contribution in [3.8, 4) is 0 Å². The molecule has 3 rings (SSSR count). The van der Waals surface area contributed by atoms with Crippen LogP contribution in [0, 0.1) is 28.9 Å². The fourth-order valence-electron chi connectivity index (χ4n) is 3.60. The first-order chi connectivity index (χ1) is 9.58. The maximum atomic E-state index is 11.2. The van der Waals surface area contributed by atoms with Crippen molar-refractivity contribution in [1.29, 1.82) is 0 Å². The Bertz CT molecular complexity index is 548. The molecule has 7 nitrogen and oxygen atoms in total. The van der Waals surface area contributed by atoms with E-state index in [-0.39, 0.29) is 5.69 Å². The van der Waals surface area contributed by atoms with Gasteiger partial charge in [0.2, 0.25) is 11.8 Å². The third-order valence-electron chi connectivity index (χ3n) is 4.52. The van der Waals surface area contributed by atoms with Crippen LogP contribution < -0.4 is 10.6 Å². The summed E-state index contributed by atoms with van der Waals surface area (Å²) in [5.74, 6) is 2.18. The SMILES string of the molecule is CNc1nc(C)c([N+](=O)[O-])c(NC2CC3CCC2C3)n1. The normalized spacial score (nSPS) is 27.6. The van der Waals surface area contributed by atoms with Crippen molar-refractivity contribution in [3.63, 3.8) is 0 Å². The van der Waals surface area contributed by atoms with Gasteiger partial charge in [-0.15, -0.1) is 0 Å². The average molecular weight is 277 g/mol. The third-order valence-corrected chi connectivity index (χ3v) is 4.52. The number of fused-ring (bicyclic) bond motifs is 2. The largest absolute Gasteiger partial charge is 0.361 e. The van der Waals surface area contributed by atoms with Crippen molar-refractivity contribution in [2.75, 3.05) is 17.7 Å². The summed E-state index contributed by atoms with van der Waals surface area (Å²) in [5.41, 5.74) is 0.381. The molecule has 2 bridgehead atoms. The Kier molecular flexibility index (Phi) is 3.19. The van der Waals surface area contributed by atoms with Gasteiger partial charge in [-0.1, -0.05) is 6.42 Å². The topological polar surface area (TPSA) is 93.0 Å². The van der Waals surface area contributed by atoms with E-state index >= 15 is 0 Å². The van der Waals surface area contributed by atoms with Crippen molar-refractivity contribution in [3.05, 3.63) is 15.8 Å². The van der Waals surface area contributed by atoms with Crippen LogP contribution >= 0.6 is 0 Å². The van der Waals surface area contributed by atoms with Crippen LogP contribution in [0.25, 0.3) is 0 Å². The molecular formula is C13H19N5O2. The van der Waals surface area contributed by atoms with Gasteiger partial charge < -0.3 is 10.6 Å². The summed E-state index contributed by atoms with van der Waals surface area (Å²) in [6.45, 7) is 1.65. The summed E-state index contributed by atoms with van der Waals surface area (Å²) in [6, 6.07) is 0.312. The number of aromatic nitrogens is 2. The van der Waals surface area contributed by atoms with Gasteiger partial charge in [-0.25, -0.2) is 4.98 Å². The monoisotopic (exact) mass is 277 g/mol. The first-order valence-corrected chi connectivity index (χ1v) is 7.05. The molecule has 0 saturated heterocycles. The summed E-state index contributed by atoms with van der Waals surface area (Å²) in [4.78, 5) is 19.2. The van der Waals surface area contributed by atoms with Gasteiger partial charge in [0.1, 0.15) is 5.69 Å². The summed E-state index contributed by atoms with van der Waals surface area (Å²) in [5, 5.41) is 17.4. The molecule has 0 aliphatic heterocycles. The van der Waals surface area contributed by atoms with Crippen LogP contribution in [0.3, 0.4) is 0 Å². The molecule has 7 heteroatoms. The summed E-state index contributed by atoms with van der Waals surface area (Å²) < 4.78 is 0. The molecule has 2 fully saturated rings. The molecular weight excluding hydrogens is 258 g/mol. The van der Waals surface area contributed by atoms with Crippen molar-refractivity contribution >= 4 is 17.5 Å². The van der Waals surface area contributed by atoms with Gasteiger partial charge in [0, 0.05) is 13.1 Å². The molecule has 1 aromatic heterocycles. The Morgan fingerprint density at radius 2 is 2.10 bits per heavy atom. The maximum absolute atomic E-state index is 11.2. The lowest BCUT2D eigenvalue weighted by molar-refractivity contribution is -0.385. The molecule has 0 aromatic carbocycles. The van der Waals surface area contributed by atoms with Crippen LogP contribution in [0.2, 0.25) is 0 Å². The van der Waals surface area contributed by atoms with Crippen molar-refractivity contribution in [2.45, 2.75) is 38.6 Å². The van der Waals surface area contributed by atoms with Gasteiger partial charge in [-0.2, -0.15) is 4.98 Å². The van der Waals surface area contributed by atoms with Gasteiger partial charge in [0.05, 0.1) is 4.92 Å². The van der Waals surface area contributed by atoms with Gasteiger partial charge in [0.15, 0.2) is 0 Å². The Morgan fingerprint density at radius 3 is 2.65 bits per heavy atom. The van der Waals surface area contributed by atoms with E-state index < -0.39 is 4.92 Å². The number of aryl methyl sites for hydroxylation is 1. The zero-order chi connectivity index (χ0) is 14.3. The quantitative estimate of drug-likeness (QED) is 0.648. The van der Waals surface area contributed by atoms with E-state index in [0.717, 1.165) is 12.3 Å². The van der Waals surface area contributed by atoms with Crippen molar-refractivity contribution in [1.82, 2.24) is 9.97 Å². The molecule has 2 aliphatic carbocycles. The minimum absolute atomic E-state index is 0.00762. The zero-order valence-electron chi connectivity index (χ0n) is 11.7. The molecule has 2 N–H and O–H groups in total. The molecule has 2 saturated carbocycles. The molecule has 1 heterocycles. The lowest BCUT2D eigenvalue weighted by Gasteiger charge is -2.23. The minimum Gasteiger partial charge on any atom is -0.361 e. The Balaban J connectivity index is 1.90. The number of nitrogens with zero attached hydrogens (tertiary/aromatic N) is 3. The van der Waals surface area contributed by atoms with E-state index in [9.17, 15) is 10.1 Å². The van der Waals surface area contributed by atoms with Gasteiger partial charge in [-0.3, -0.25) is 10.1 Å². The molecule has 3 unspecified atom stereocenters. The van der Waals surface area contributed by atoms with E-state index in [1.807, 2.05) is 0 Å². The number of anilines is 2. The zero-order valence-corrected chi connectivity index (χ0v) is 11.7. The summed E-state index contributed by atoms with van der Waals surface area (Å²) >= 11 is 0. The second-order valence-corrected chi connectivity index (χ2v) is 5.76. The minimum atomic E-state index is -0.398. The second-order valence-electron chi connectivity index (χ2n) is 5.76. The maximum Gasteiger partial charge on any atom is 0.332 e. The van der Waals surface area contributed by atoms with Crippen LogP contribution in [0.15, 0.2) is 0 Å². The highest BCUT2D eigenvalue weighted by Crippen LogP contribution is 2.46. The van der Waals surface area contributed by atoms with Gasteiger partial charge in [-0.05, 0) is 38.0 Å². The number of nitrogens with one attached hydrogen (secondary N) is 2. The predicted molar refractivity (Wildman–Crippen MR) is 75.8 cm³/mol. The molecule has 0 amide bonds. The summed E-state index contributed by atoms with van der Waals surface area (Å²) in [7, 11) is 1.71. The molecule has 108 valence electrons. The third kappa shape index (κ3) is 2.17. The van der Waals surface area contributed by atoms with Crippen LogP contribution in [0.5, 0.6) is 0 Å². The second kappa shape index (κ2) is 4.88. The number of rotatable bonds is 4. The fraction of sp³-hybridized carbons (Fsp3) is 0.692. The Hall–Kier alpha value is -1.92. The summed E-state index contributed by atoms with van der Waals surface area (Å²) in [6.07, 6.45) is 4.86. The van der Waals surface area contributed by atoms with E-state index in [1.165, 1.54) is 19.3 Å². The lowest BCUT2D eigenvalue weighted by Crippen LogP contribution is -2.27. The highest BCUT2D eigenvalue weighted by molar-refractivity contribution is 5.61. The van der Waals surface area contributed by atoms with Crippen LogP contribution in [0.1, 0.15) is 31.4 Å². The predicted octanol–water partition coefficient (Wildman–Crippen LogP) is 2.34.